The Kier molecular flexibility index (Phi) is 2.43. The van der Waals surface area contributed by atoms with Gasteiger partial charge in [-0.05, 0) is 43.3 Å². The highest BCUT2D eigenvalue weighted by atomic mass is 16.5. The fourth-order valence-corrected chi connectivity index (χ4v) is 2.00. The molecule has 80 valence electrons. The molecule has 1 aromatic rings. The molecular weight excluding hydrogens is 186 g/mol. The fraction of sp³-hybridized carbons (Fsp3) is 0.385. The molecule has 1 heterocycles. The Labute approximate surface area is 91.0 Å². The summed E-state index contributed by atoms with van der Waals surface area (Å²) in [6.45, 7) is 5.41. The third-order valence-electron chi connectivity index (χ3n) is 3.37. The van der Waals surface area contributed by atoms with Crippen LogP contribution < -0.4 is 10.1 Å². The lowest BCUT2D eigenvalue weighted by Crippen LogP contribution is -2.27. The lowest BCUT2D eigenvalue weighted by molar-refractivity contribution is 0.414. The largest absolute Gasteiger partial charge is 0.497 e. The van der Waals surface area contributed by atoms with Gasteiger partial charge in [0.2, 0.25) is 0 Å². The zero-order valence-electron chi connectivity index (χ0n) is 9.50. The summed E-state index contributed by atoms with van der Waals surface area (Å²) in [6.07, 6.45) is 2.10. The molecule has 0 aromatic heterocycles. The molecular formula is C13H17NO. The Morgan fingerprint density at radius 1 is 1.27 bits per heavy atom. The van der Waals surface area contributed by atoms with Crippen molar-refractivity contribution in [3.63, 3.8) is 0 Å². The first-order chi connectivity index (χ1) is 7.16. The highest BCUT2D eigenvalue weighted by Crippen LogP contribution is 2.34. The molecule has 0 aliphatic carbocycles. The average Bonchev–Trinajstić information content (AvgIpc) is 2.61. The standard InChI is InChI=1S/C13H17NO/c1-10-8-14-9-13(10,2)11-4-6-12(15-3)7-5-11/h4-8,14H,9H2,1-3H3. The SMILES string of the molecule is COc1ccc(C2(C)CNC=C2C)cc1. The van der Waals surface area contributed by atoms with Gasteiger partial charge in [0.05, 0.1) is 7.11 Å². The van der Waals surface area contributed by atoms with Crippen molar-refractivity contribution in [3.8, 4) is 5.75 Å². The first-order valence-electron chi connectivity index (χ1n) is 5.22. The van der Waals surface area contributed by atoms with E-state index < -0.39 is 0 Å². The van der Waals surface area contributed by atoms with Gasteiger partial charge in [-0.2, -0.15) is 0 Å². The smallest absolute Gasteiger partial charge is 0.118 e. The zero-order chi connectivity index (χ0) is 10.9. The second-order valence-corrected chi connectivity index (χ2v) is 4.27. The van der Waals surface area contributed by atoms with E-state index in [4.69, 9.17) is 4.74 Å². The minimum Gasteiger partial charge on any atom is -0.497 e. The summed E-state index contributed by atoms with van der Waals surface area (Å²) in [5, 5.41) is 3.30. The number of ether oxygens (including phenoxy) is 1. The van der Waals surface area contributed by atoms with E-state index in [-0.39, 0.29) is 5.41 Å². The number of rotatable bonds is 2. The first kappa shape index (κ1) is 10.1. The van der Waals surface area contributed by atoms with E-state index in [9.17, 15) is 0 Å². The second kappa shape index (κ2) is 3.61. The Morgan fingerprint density at radius 2 is 1.93 bits per heavy atom. The van der Waals surface area contributed by atoms with Crippen molar-refractivity contribution in [3.05, 3.63) is 41.6 Å². The molecule has 2 nitrogen and oxygen atoms in total. The molecule has 1 aliphatic rings. The normalized spacial score (nSPS) is 24.6. The van der Waals surface area contributed by atoms with Crippen LogP contribution in [0.3, 0.4) is 0 Å². The summed E-state index contributed by atoms with van der Waals surface area (Å²) < 4.78 is 5.16. The van der Waals surface area contributed by atoms with Gasteiger partial charge in [0.1, 0.15) is 5.75 Å². The van der Waals surface area contributed by atoms with Crippen LogP contribution in [0.2, 0.25) is 0 Å². The van der Waals surface area contributed by atoms with Gasteiger partial charge in [-0.1, -0.05) is 12.1 Å². The van der Waals surface area contributed by atoms with Gasteiger partial charge >= 0.3 is 0 Å². The average molecular weight is 203 g/mol. The Balaban J connectivity index is 2.33. The zero-order valence-corrected chi connectivity index (χ0v) is 9.50. The topological polar surface area (TPSA) is 21.3 Å². The van der Waals surface area contributed by atoms with E-state index in [2.05, 4.69) is 37.5 Å². The molecule has 0 amide bonds. The Morgan fingerprint density at radius 3 is 2.40 bits per heavy atom. The van der Waals surface area contributed by atoms with Crippen LogP contribution in [0.4, 0.5) is 0 Å². The highest BCUT2D eigenvalue weighted by Gasteiger charge is 2.31. The van der Waals surface area contributed by atoms with E-state index in [1.165, 1.54) is 11.1 Å². The van der Waals surface area contributed by atoms with Gasteiger partial charge in [-0.15, -0.1) is 0 Å². The van der Waals surface area contributed by atoms with Crippen LogP contribution in [0.25, 0.3) is 0 Å². The van der Waals surface area contributed by atoms with E-state index in [1.807, 2.05) is 12.1 Å². The maximum atomic E-state index is 5.16. The van der Waals surface area contributed by atoms with Crippen LogP contribution in [0, 0.1) is 0 Å². The molecule has 15 heavy (non-hydrogen) atoms. The third-order valence-corrected chi connectivity index (χ3v) is 3.37. The molecule has 2 heteroatoms. The molecule has 0 saturated heterocycles. The van der Waals surface area contributed by atoms with Gasteiger partial charge < -0.3 is 10.1 Å². The van der Waals surface area contributed by atoms with Crippen LogP contribution in [-0.2, 0) is 5.41 Å². The summed E-state index contributed by atoms with van der Waals surface area (Å²) in [4.78, 5) is 0. The van der Waals surface area contributed by atoms with Crippen molar-refractivity contribution in [1.29, 1.82) is 0 Å². The summed E-state index contributed by atoms with van der Waals surface area (Å²) >= 11 is 0. The van der Waals surface area contributed by atoms with Gasteiger partial charge in [0.15, 0.2) is 0 Å². The lowest BCUT2D eigenvalue weighted by Gasteiger charge is -2.26. The molecule has 1 unspecified atom stereocenters. The number of methoxy groups -OCH3 is 1. The number of nitrogens with one attached hydrogen (secondary N) is 1. The highest BCUT2D eigenvalue weighted by molar-refractivity contribution is 5.40. The van der Waals surface area contributed by atoms with Crippen LogP contribution in [0.1, 0.15) is 19.4 Å². The summed E-state index contributed by atoms with van der Waals surface area (Å²) in [7, 11) is 1.69. The predicted molar refractivity (Wildman–Crippen MR) is 62.1 cm³/mol. The van der Waals surface area contributed by atoms with Crippen molar-refractivity contribution in [2.45, 2.75) is 19.3 Å². The first-order valence-corrected chi connectivity index (χ1v) is 5.22. The predicted octanol–water partition coefficient (Wildman–Crippen LogP) is 2.46. The maximum Gasteiger partial charge on any atom is 0.118 e. The van der Waals surface area contributed by atoms with Crippen molar-refractivity contribution in [2.75, 3.05) is 13.7 Å². The third kappa shape index (κ3) is 1.60. The minimum atomic E-state index is 0.131. The van der Waals surface area contributed by atoms with Crippen LogP contribution in [0.5, 0.6) is 5.75 Å². The molecule has 0 saturated carbocycles. The van der Waals surface area contributed by atoms with E-state index in [0.717, 1.165) is 12.3 Å². The molecule has 1 atom stereocenters. The van der Waals surface area contributed by atoms with Crippen molar-refractivity contribution in [2.24, 2.45) is 0 Å². The van der Waals surface area contributed by atoms with Gasteiger partial charge in [-0.25, -0.2) is 0 Å². The number of hydrogen-bond acceptors (Lipinski definition) is 2. The lowest BCUT2D eigenvalue weighted by atomic mass is 9.78. The van der Waals surface area contributed by atoms with Crippen molar-refractivity contribution < 1.29 is 4.74 Å². The molecule has 0 fully saturated rings. The van der Waals surface area contributed by atoms with E-state index in [0.29, 0.717) is 0 Å². The van der Waals surface area contributed by atoms with Crippen molar-refractivity contribution >= 4 is 0 Å². The van der Waals surface area contributed by atoms with Gasteiger partial charge in [0.25, 0.3) is 0 Å². The monoisotopic (exact) mass is 203 g/mol. The summed E-state index contributed by atoms with van der Waals surface area (Å²) in [5.41, 5.74) is 2.85. The quantitative estimate of drug-likeness (QED) is 0.797. The maximum absolute atomic E-state index is 5.16. The van der Waals surface area contributed by atoms with E-state index >= 15 is 0 Å². The van der Waals surface area contributed by atoms with Crippen molar-refractivity contribution in [1.82, 2.24) is 5.32 Å². The van der Waals surface area contributed by atoms with Gasteiger partial charge in [0, 0.05) is 12.0 Å². The van der Waals surface area contributed by atoms with Crippen LogP contribution >= 0.6 is 0 Å². The fourth-order valence-electron chi connectivity index (χ4n) is 2.00. The molecule has 0 bridgehead atoms. The Hall–Kier alpha value is -1.44. The molecule has 0 radical (unpaired) electrons. The Bertz CT molecular complexity index is 380. The molecule has 0 spiro atoms. The summed E-state index contributed by atoms with van der Waals surface area (Å²) in [5.74, 6) is 0.912. The van der Waals surface area contributed by atoms with E-state index in [1.54, 1.807) is 7.11 Å². The molecule has 2 rings (SSSR count). The summed E-state index contributed by atoms with van der Waals surface area (Å²) in [6, 6.07) is 8.32. The second-order valence-electron chi connectivity index (χ2n) is 4.27. The number of hydrogen-bond donors (Lipinski definition) is 1. The van der Waals surface area contributed by atoms with Crippen LogP contribution in [0.15, 0.2) is 36.0 Å². The molecule has 1 aromatic carbocycles. The van der Waals surface area contributed by atoms with Gasteiger partial charge in [-0.3, -0.25) is 0 Å². The minimum absolute atomic E-state index is 0.131. The number of benzene rings is 1. The molecule has 1 N–H and O–H groups in total. The molecule has 1 aliphatic heterocycles. The van der Waals surface area contributed by atoms with Crippen LogP contribution in [-0.4, -0.2) is 13.7 Å².